The van der Waals surface area contributed by atoms with E-state index in [9.17, 15) is 13.2 Å². The van der Waals surface area contributed by atoms with Crippen LogP contribution in [-0.4, -0.2) is 38.0 Å². The van der Waals surface area contributed by atoms with Gasteiger partial charge < -0.3 is 5.32 Å². The second-order valence-electron chi connectivity index (χ2n) is 6.61. The van der Waals surface area contributed by atoms with Gasteiger partial charge in [-0.3, -0.25) is 4.79 Å². The molecule has 1 aromatic carbocycles. The average molecular weight is 340 g/mol. The Kier molecular flexibility index (Phi) is 6.77. The molecule has 0 saturated heterocycles. The topological polar surface area (TPSA) is 66.5 Å². The Morgan fingerprint density at radius 1 is 1.04 bits per heavy atom. The first kappa shape index (κ1) is 19.6. The van der Waals surface area contributed by atoms with Crippen molar-refractivity contribution in [3.63, 3.8) is 0 Å². The van der Waals surface area contributed by atoms with Crippen LogP contribution in [-0.2, 0) is 14.8 Å². The Balaban J connectivity index is 3.17. The molecule has 23 heavy (non-hydrogen) atoms. The number of nitrogens with zero attached hydrogens (tertiary/aromatic N) is 1. The van der Waals surface area contributed by atoms with E-state index in [1.807, 2.05) is 33.8 Å². The summed E-state index contributed by atoms with van der Waals surface area (Å²) in [4.78, 5) is 12.8. The summed E-state index contributed by atoms with van der Waals surface area (Å²) in [5.74, 6) is 0.231. The second-order valence-corrected chi connectivity index (χ2v) is 8.66. The SMILES string of the molecule is CC(C)C(NC(=O)[C@H](c1ccccc1)N(C)S(C)(=O)=O)C(C)C. The lowest BCUT2D eigenvalue weighted by Crippen LogP contribution is -2.48. The first-order chi connectivity index (χ1) is 10.6. The zero-order valence-corrected chi connectivity index (χ0v) is 15.6. The number of rotatable bonds is 7. The standard InChI is InChI=1S/C17H28N2O3S/c1-12(2)15(13(3)4)18-17(20)16(19(5)23(6,21)22)14-10-8-7-9-11-14/h7-13,15-16H,1-6H3,(H,18,20)/t16-/m0/s1. The monoisotopic (exact) mass is 340 g/mol. The van der Waals surface area contributed by atoms with E-state index in [1.54, 1.807) is 24.3 Å². The number of hydrogen-bond acceptors (Lipinski definition) is 3. The maximum Gasteiger partial charge on any atom is 0.243 e. The molecule has 0 spiro atoms. The number of amides is 1. The van der Waals surface area contributed by atoms with Gasteiger partial charge in [0, 0.05) is 13.1 Å². The molecule has 5 nitrogen and oxygen atoms in total. The molecule has 0 aromatic heterocycles. The fraction of sp³-hybridized carbons (Fsp3) is 0.588. The summed E-state index contributed by atoms with van der Waals surface area (Å²) >= 11 is 0. The number of carbonyl (C=O) groups is 1. The molecule has 1 rings (SSSR count). The molecule has 0 aliphatic carbocycles. The van der Waals surface area contributed by atoms with E-state index in [-0.39, 0.29) is 23.8 Å². The maximum absolute atomic E-state index is 12.8. The fourth-order valence-electron chi connectivity index (χ4n) is 2.70. The summed E-state index contributed by atoms with van der Waals surface area (Å²) in [6.45, 7) is 8.18. The molecule has 0 unspecified atom stereocenters. The maximum atomic E-state index is 12.8. The van der Waals surface area contributed by atoms with Crippen LogP contribution in [0.4, 0.5) is 0 Å². The Morgan fingerprint density at radius 3 is 1.91 bits per heavy atom. The van der Waals surface area contributed by atoms with Gasteiger partial charge in [0.15, 0.2) is 0 Å². The van der Waals surface area contributed by atoms with Crippen LogP contribution in [0.25, 0.3) is 0 Å². The average Bonchev–Trinajstić information content (AvgIpc) is 2.44. The highest BCUT2D eigenvalue weighted by Crippen LogP contribution is 2.23. The van der Waals surface area contributed by atoms with Crippen LogP contribution >= 0.6 is 0 Å². The molecule has 0 bridgehead atoms. The van der Waals surface area contributed by atoms with Crippen molar-refractivity contribution >= 4 is 15.9 Å². The summed E-state index contributed by atoms with van der Waals surface area (Å²) in [6, 6.07) is 8.09. The lowest BCUT2D eigenvalue weighted by atomic mass is 9.92. The molecule has 0 saturated carbocycles. The van der Waals surface area contributed by atoms with Gasteiger partial charge in [0.2, 0.25) is 15.9 Å². The Hall–Kier alpha value is -1.40. The molecule has 1 aromatic rings. The molecule has 0 fully saturated rings. The normalized spacial score (nSPS) is 13.8. The summed E-state index contributed by atoms with van der Waals surface area (Å²) in [6.07, 6.45) is 1.11. The molecule has 1 amide bonds. The van der Waals surface area contributed by atoms with Crippen LogP contribution in [0.1, 0.15) is 39.3 Å². The summed E-state index contributed by atoms with van der Waals surface area (Å²) in [5.41, 5.74) is 0.657. The Labute approximate surface area is 140 Å². The molecule has 1 atom stereocenters. The first-order valence-corrected chi connectivity index (χ1v) is 9.68. The van der Waals surface area contributed by atoms with Gasteiger partial charge in [-0.05, 0) is 17.4 Å². The molecule has 0 aliphatic rings. The van der Waals surface area contributed by atoms with E-state index in [0.29, 0.717) is 5.56 Å². The third-order valence-electron chi connectivity index (χ3n) is 4.00. The molecule has 130 valence electrons. The summed E-state index contributed by atoms with van der Waals surface area (Å²) in [7, 11) is -2.06. The van der Waals surface area contributed by atoms with Gasteiger partial charge in [0.1, 0.15) is 6.04 Å². The van der Waals surface area contributed by atoms with Crippen LogP contribution in [0.15, 0.2) is 30.3 Å². The highest BCUT2D eigenvalue weighted by atomic mass is 32.2. The predicted octanol–water partition coefficient (Wildman–Crippen LogP) is 2.42. The number of carbonyl (C=O) groups excluding carboxylic acids is 1. The zero-order chi connectivity index (χ0) is 17.8. The van der Waals surface area contributed by atoms with Crippen molar-refractivity contribution in [1.29, 1.82) is 0 Å². The Morgan fingerprint density at radius 2 is 1.52 bits per heavy atom. The van der Waals surface area contributed by atoms with Crippen molar-refractivity contribution in [3.05, 3.63) is 35.9 Å². The summed E-state index contributed by atoms with van der Waals surface area (Å²) < 4.78 is 25.0. The largest absolute Gasteiger partial charge is 0.351 e. The number of hydrogen-bond donors (Lipinski definition) is 1. The highest BCUT2D eigenvalue weighted by molar-refractivity contribution is 7.88. The van der Waals surface area contributed by atoms with Crippen molar-refractivity contribution in [2.45, 2.75) is 39.8 Å². The molecule has 0 heterocycles. The van der Waals surface area contributed by atoms with Gasteiger partial charge in [-0.25, -0.2) is 8.42 Å². The lowest BCUT2D eigenvalue weighted by molar-refractivity contribution is -0.126. The van der Waals surface area contributed by atoms with Gasteiger partial charge in [0.25, 0.3) is 0 Å². The molecule has 0 aliphatic heterocycles. The minimum Gasteiger partial charge on any atom is -0.351 e. The second kappa shape index (κ2) is 7.93. The molecular formula is C17H28N2O3S. The third-order valence-corrected chi connectivity index (χ3v) is 5.25. The molecule has 6 heteroatoms. The zero-order valence-electron chi connectivity index (χ0n) is 14.8. The number of sulfonamides is 1. The van der Waals surface area contributed by atoms with E-state index in [1.165, 1.54) is 7.05 Å². The van der Waals surface area contributed by atoms with Crippen molar-refractivity contribution in [2.75, 3.05) is 13.3 Å². The number of nitrogens with one attached hydrogen (secondary N) is 1. The number of likely N-dealkylation sites (N-methyl/N-ethyl adjacent to an activating group) is 1. The van der Waals surface area contributed by atoms with Crippen LogP contribution in [0, 0.1) is 11.8 Å². The van der Waals surface area contributed by atoms with Gasteiger partial charge in [0.05, 0.1) is 6.26 Å². The van der Waals surface area contributed by atoms with E-state index < -0.39 is 16.1 Å². The Bertz CT molecular complexity index is 604. The van der Waals surface area contributed by atoms with Gasteiger partial charge in [-0.1, -0.05) is 58.0 Å². The van der Waals surface area contributed by atoms with Crippen LogP contribution in [0.5, 0.6) is 0 Å². The highest BCUT2D eigenvalue weighted by Gasteiger charge is 2.32. The quantitative estimate of drug-likeness (QED) is 0.829. The molecular weight excluding hydrogens is 312 g/mol. The third kappa shape index (κ3) is 5.32. The van der Waals surface area contributed by atoms with Crippen LogP contribution < -0.4 is 5.32 Å². The number of benzene rings is 1. The smallest absolute Gasteiger partial charge is 0.243 e. The first-order valence-electron chi connectivity index (χ1n) is 7.84. The lowest BCUT2D eigenvalue weighted by Gasteiger charge is -2.31. The van der Waals surface area contributed by atoms with E-state index in [0.717, 1.165) is 10.6 Å². The van der Waals surface area contributed by atoms with Gasteiger partial charge in [-0.15, -0.1) is 0 Å². The van der Waals surface area contributed by atoms with E-state index in [2.05, 4.69) is 5.32 Å². The van der Waals surface area contributed by atoms with Crippen molar-refractivity contribution in [1.82, 2.24) is 9.62 Å². The predicted molar refractivity (Wildman–Crippen MR) is 93.4 cm³/mol. The van der Waals surface area contributed by atoms with E-state index in [4.69, 9.17) is 0 Å². The minimum atomic E-state index is -3.50. The van der Waals surface area contributed by atoms with Crippen LogP contribution in [0.3, 0.4) is 0 Å². The fourth-order valence-corrected chi connectivity index (χ4v) is 3.30. The van der Waals surface area contributed by atoms with Gasteiger partial charge >= 0.3 is 0 Å². The van der Waals surface area contributed by atoms with Crippen molar-refractivity contribution < 1.29 is 13.2 Å². The van der Waals surface area contributed by atoms with E-state index >= 15 is 0 Å². The molecule has 1 N–H and O–H groups in total. The van der Waals surface area contributed by atoms with Crippen molar-refractivity contribution in [3.8, 4) is 0 Å². The minimum absolute atomic E-state index is 0.0123. The molecule has 0 radical (unpaired) electrons. The summed E-state index contributed by atoms with van der Waals surface area (Å²) in [5, 5.41) is 3.02. The van der Waals surface area contributed by atoms with Crippen molar-refractivity contribution in [2.24, 2.45) is 11.8 Å². The van der Waals surface area contributed by atoms with Crippen LogP contribution in [0.2, 0.25) is 0 Å². The van der Waals surface area contributed by atoms with Gasteiger partial charge in [-0.2, -0.15) is 4.31 Å².